The van der Waals surface area contributed by atoms with E-state index >= 15 is 0 Å². The van der Waals surface area contributed by atoms with Crippen LogP contribution in [0.5, 0.6) is 0 Å². The predicted octanol–water partition coefficient (Wildman–Crippen LogP) is 1.20. The minimum absolute atomic E-state index is 0.221. The van der Waals surface area contributed by atoms with Crippen molar-refractivity contribution in [1.82, 2.24) is 0 Å². The first kappa shape index (κ1) is 6.84. The Bertz CT molecular complexity index is 219. The van der Waals surface area contributed by atoms with Gasteiger partial charge in [-0.1, -0.05) is 6.08 Å². The first-order chi connectivity index (χ1) is 4.83. The molecule has 0 heterocycles. The zero-order valence-corrected chi connectivity index (χ0v) is 5.70. The van der Waals surface area contributed by atoms with Gasteiger partial charge < -0.3 is 4.74 Å². The molecule has 0 aromatic heterocycles. The number of rotatable bonds is 2. The van der Waals surface area contributed by atoms with Crippen molar-refractivity contribution in [2.24, 2.45) is 0 Å². The van der Waals surface area contributed by atoms with Gasteiger partial charge >= 0.3 is 0 Å². The molecule has 1 aliphatic rings. The molecule has 2 heteroatoms. The average molecular weight is 136 g/mol. The SMILES string of the molecule is CC1=C=C[C@@H](OC=O)C=C1. The summed E-state index contributed by atoms with van der Waals surface area (Å²) in [6.07, 6.45) is 5.17. The molecule has 0 saturated heterocycles. The Hall–Kier alpha value is -1.27. The lowest BCUT2D eigenvalue weighted by molar-refractivity contribution is -0.129. The number of allylic oxidation sites excluding steroid dienone is 1. The van der Waals surface area contributed by atoms with Crippen LogP contribution < -0.4 is 0 Å². The fourth-order valence-electron chi connectivity index (χ4n) is 0.705. The molecule has 0 bridgehead atoms. The number of carbonyl (C=O) groups excluding carboxylic acids is 1. The van der Waals surface area contributed by atoms with Gasteiger partial charge in [0.1, 0.15) is 6.10 Å². The molecule has 0 N–H and O–H groups in total. The Kier molecular flexibility index (Phi) is 2.08. The van der Waals surface area contributed by atoms with Gasteiger partial charge in [0.2, 0.25) is 0 Å². The van der Waals surface area contributed by atoms with Crippen LogP contribution in [0.2, 0.25) is 0 Å². The molecule has 0 spiro atoms. The summed E-state index contributed by atoms with van der Waals surface area (Å²) in [6, 6.07) is 0. The topological polar surface area (TPSA) is 26.3 Å². The molecule has 0 unspecified atom stereocenters. The quantitative estimate of drug-likeness (QED) is 0.421. The molecule has 10 heavy (non-hydrogen) atoms. The lowest BCUT2D eigenvalue weighted by Crippen LogP contribution is -2.05. The summed E-state index contributed by atoms with van der Waals surface area (Å²) in [5.74, 6) is 0. The molecule has 0 aromatic rings. The maximum atomic E-state index is 9.84. The van der Waals surface area contributed by atoms with Crippen molar-refractivity contribution in [1.29, 1.82) is 0 Å². The standard InChI is InChI=1S/C8H8O2/c1-7-2-4-8(5-3-7)10-6-9/h2,4-6,8H,1H3/t8-/m0/s1. The van der Waals surface area contributed by atoms with Crippen LogP contribution in [0, 0.1) is 0 Å². The molecule has 0 aromatic carbocycles. The number of hydrogen-bond acceptors (Lipinski definition) is 2. The third-order valence-electron chi connectivity index (χ3n) is 1.22. The maximum absolute atomic E-state index is 9.84. The molecule has 0 amide bonds. The third-order valence-corrected chi connectivity index (χ3v) is 1.22. The van der Waals surface area contributed by atoms with Gasteiger partial charge in [0.05, 0.1) is 0 Å². The van der Waals surface area contributed by atoms with Gasteiger partial charge in [-0.05, 0) is 18.6 Å². The number of ether oxygens (including phenoxy) is 1. The summed E-state index contributed by atoms with van der Waals surface area (Å²) in [5.41, 5.74) is 3.98. The molecule has 0 radical (unpaired) electrons. The Morgan fingerprint density at radius 3 is 3.10 bits per heavy atom. The minimum atomic E-state index is -0.221. The van der Waals surface area contributed by atoms with Gasteiger partial charge in [-0.2, -0.15) is 0 Å². The molecular weight excluding hydrogens is 128 g/mol. The Morgan fingerprint density at radius 2 is 2.60 bits per heavy atom. The number of hydrogen-bond donors (Lipinski definition) is 0. The Labute approximate surface area is 59.5 Å². The highest BCUT2D eigenvalue weighted by atomic mass is 16.5. The van der Waals surface area contributed by atoms with Crippen LogP contribution in [0.15, 0.2) is 29.5 Å². The van der Waals surface area contributed by atoms with Crippen molar-refractivity contribution in [2.45, 2.75) is 13.0 Å². The van der Waals surface area contributed by atoms with Gasteiger partial charge in [-0.25, -0.2) is 0 Å². The minimum Gasteiger partial charge on any atom is -0.455 e. The van der Waals surface area contributed by atoms with Crippen LogP contribution in [0.1, 0.15) is 6.92 Å². The summed E-state index contributed by atoms with van der Waals surface area (Å²) < 4.78 is 4.63. The molecule has 0 aliphatic heterocycles. The van der Waals surface area contributed by atoms with E-state index in [0.29, 0.717) is 6.47 Å². The summed E-state index contributed by atoms with van der Waals surface area (Å²) in [7, 11) is 0. The first-order valence-corrected chi connectivity index (χ1v) is 3.03. The highest BCUT2D eigenvalue weighted by molar-refractivity contribution is 5.39. The lowest BCUT2D eigenvalue weighted by Gasteiger charge is -2.05. The highest BCUT2D eigenvalue weighted by Gasteiger charge is 2.00. The maximum Gasteiger partial charge on any atom is 0.294 e. The number of carbonyl (C=O) groups is 1. The summed E-state index contributed by atoms with van der Waals surface area (Å²) in [5, 5.41) is 0. The van der Waals surface area contributed by atoms with E-state index in [1.54, 1.807) is 12.2 Å². The van der Waals surface area contributed by atoms with Crippen molar-refractivity contribution in [3.8, 4) is 0 Å². The zero-order valence-electron chi connectivity index (χ0n) is 5.70. The van der Waals surface area contributed by atoms with Crippen LogP contribution in [-0.2, 0) is 9.53 Å². The molecule has 1 rings (SSSR count). The van der Waals surface area contributed by atoms with Crippen molar-refractivity contribution in [3.05, 3.63) is 29.5 Å². The van der Waals surface area contributed by atoms with E-state index in [1.165, 1.54) is 0 Å². The van der Waals surface area contributed by atoms with E-state index in [-0.39, 0.29) is 6.10 Å². The summed E-state index contributed by atoms with van der Waals surface area (Å²) >= 11 is 0. The predicted molar refractivity (Wildman–Crippen MR) is 37.3 cm³/mol. The second kappa shape index (κ2) is 3.04. The van der Waals surface area contributed by atoms with E-state index in [4.69, 9.17) is 0 Å². The average Bonchev–Trinajstić information content (AvgIpc) is 1.95. The summed E-state index contributed by atoms with van der Waals surface area (Å²) in [4.78, 5) is 9.84. The zero-order chi connectivity index (χ0) is 7.40. The van der Waals surface area contributed by atoms with Gasteiger partial charge in [0, 0.05) is 6.08 Å². The normalized spacial score (nSPS) is 22.1. The van der Waals surface area contributed by atoms with E-state index in [1.807, 2.05) is 13.0 Å². The molecule has 0 fully saturated rings. The molecule has 0 saturated carbocycles. The van der Waals surface area contributed by atoms with E-state index < -0.39 is 0 Å². The van der Waals surface area contributed by atoms with Crippen molar-refractivity contribution in [3.63, 3.8) is 0 Å². The molecular formula is C8H8O2. The van der Waals surface area contributed by atoms with Crippen molar-refractivity contribution >= 4 is 6.47 Å². The first-order valence-electron chi connectivity index (χ1n) is 3.03. The fraction of sp³-hybridized carbons (Fsp3) is 0.250. The van der Waals surface area contributed by atoms with E-state index in [2.05, 4.69) is 10.5 Å². The fourth-order valence-corrected chi connectivity index (χ4v) is 0.705. The van der Waals surface area contributed by atoms with Crippen LogP contribution in [0.25, 0.3) is 0 Å². The van der Waals surface area contributed by atoms with Gasteiger partial charge in [0.25, 0.3) is 6.47 Å². The van der Waals surface area contributed by atoms with E-state index in [0.717, 1.165) is 5.57 Å². The van der Waals surface area contributed by atoms with Crippen molar-refractivity contribution in [2.75, 3.05) is 0 Å². The Morgan fingerprint density at radius 1 is 1.80 bits per heavy atom. The summed E-state index contributed by atoms with van der Waals surface area (Å²) in [6.45, 7) is 2.37. The largest absolute Gasteiger partial charge is 0.455 e. The van der Waals surface area contributed by atoms with Gasteiger partial charge in [0.15, 0.2) is 0 Å². The molecule has 2 nitrogen and oxygen atoms in total. The van der Waals surface area contributed by atoms with Crippen LogP contribution in [0.3, 0.4) is 0 Å². The smallest absolute Gasteiger partial charge is 0.294 e. The van der Waals surface area contributed by atoms with Crippen molar-refractivity contribution < 1.29 is 9.53 Å². The second-order valence-electron chi connectivity index (χ2n) is 2.05. The second-order valence-corrected chi connectivity index (χ2v) is 2.05. The van der Waals surface area contributed by atoms with Gasteiger partial charge in [-0.3, -0.25) is 4.79 Å². The molecule has 1 aliphatic carbocycles. The van der Waals surface area contributed by atoms with Crippen LogP contribution in [0.4, 0.5) is 0 Å². The highest BCUT2D eigenvalue weighted by Crippen LogP contribution is 2.04. The monoisotopic (exact) mass is 136 g/mol. The third kappa shape index (κ3) is 1.61. The van der Waals surface area contributed by atoms with Gasteiger partial charge in [-0.15, -0.1) is 5.73 Å². The van der Waals surface area contributed by atoms with Crippen LogP contribution in [-0.4, -0.2) is 12.6 Å². The van der Waals surface area contributed by atoms with E-state index in [9.17, 15) is 4.79 Å². The van der Waals surface area contributed by atoms with Crippen LogP contribution >= 0.6 is 0 Å². The molecule has 52 valence electrons. The molecule has 1 atom stereocenters. The lowest BCUT2D eigenvalue weighted by atomic mass is 10.1. The Balaban J connectivity index is 2.64.